The molecule has 2 rings (SSSR count). The van der Waals surface area contributed by atoms with Gasteiger partial charge in [-0.3, -0.25) is 4.79 Å². The lowest BCUT2D eigenvalue weighted by atomic mass is 10.1. The summed E-state index contributed by atoms with van der Waals surface area (Å²) in [4.78, 5) is 23.4. The molecule has 0 aromatic heterocycles. The predicted molar refractivity (Wildman–Crippen MR) is 84.8 cm³/mol. The first kappa shape index (κ1) is 17.5. The largest absolute Gasteiger partial charge is 0.480 e. The van der Waals surface area contributed by atoms with Crippen molar-refractivity contribution in [3.63, 3.8) is 0 Å². The van der Waals surface area contributed by atoms with Gasteiger partial charge in [-0.05, 0) is 30.0 Å². The van der Waals surface area contributed by atoms with Gasteiger partial charge in [0.2, 0.25) is 5.91 Å². The van der Waals surface area contributed by atoms with E-state index in [2.05, 4.69) is 5.32 Å². The van der Waals surface area contributed by atoms with Gasteiger partial charge in [0.1, 0.15) is 6.04 Å². The van der Waals surface area contributed by atoms with Gasteiger partial charge < -0.3 is 10.4 Å². The van der Waals surface area contributed by atoms with E-state index in [-0.39, 0.29) is 23.0 Å². The van der Waals surface area contributed by atoms with Crippen molar-refractivity contribution in [2.45, 2.75) is 43.5 Å². The number of benzene rings is 1. The lowest BCUT2D eigenvalue weighted by molar-refractivity contribution is -0.142. The number of sulfone groups is 1. The number of aliphatic carboxylic acids is 1. The van der Waals surface area contributed by atoms with Crippen molar-refractivity contribution in [3.8, 4) is 0 Å². The molecular formula is C16H21NO5S. The van der Waals surface area contributed by atoms with Gasteiger partial charge in [-0.25, -0.2) is 13.2 Å². The normalized spacial score (nSPS) is 15.9. The van der Waals surface area contributed by atoms with E-state index in [0.717, 1.165) is 12.8 Å². The Morgan fingerprint density at radius 1 is 1.26 bits per heavy atom. The van der Waals surface area contributed by atoms with Crippen LogP contribution < -0.4 is 5.32 Å². The number of carbonyl (C=O) groups is 2. The predicted octanol–water partition coefficient (Wildman–Crippen LogP) is 1.39. The van der Waals surface area contributed by atoms with E-state index in [1.165, 1.54) is 12.1 Å². The SMILES string of the molecule is CCS(=O)(=O)c1ccc(CC(=O)NC(CC2CC2)C(=O)O)cc1. The first-order chi connectivity index (χ1) is 10.8. The Morgan fingerprint density at radius 3 is 2.35 bits per heavy atom. The third-order valence-electron chi connectivity index (χ3n) is 3.93. The minimum atomic E-state index is -3.26. The summed E-state index contributed by atoms with van der Waals surface area (Å²) in [6, 6.07) is 5.26. The molecular weight excluding hydrogens is 318 g/mol. The lowest BCUT2D eigenvalue weighted by Crippen LogP contribution is -2.41. The van der Waals surface area contributed by atoms with Crippen LogP contribution in [-0.2, 0) is 25.8 Å². The van der Waals surface area contributed by atoms with Crippen molar-refractivity contribution in [2.24, 2.45) is 5.92 Å². The molecule has 0 radical (unpaired) electrons. The Morgan fingerprint density at radius 2 is 1.87 bits per heavy atom. The fourth-order valence-electron chi connectivity index (χ4n) is 2.32. The van der Waals surface area contributed by atoms with Crippen LogP contribution in [0.4, 0.5) is 0 Å². The molecule has 7 heteroatoms. The van der Waals surface area contributed by atoms with Gasteiger partial charge in [0, 0.05) is 0 Å². The number of hydrogen-bond donors (Lipinski definition) is 2. The third-order valence-corrected chi connectivity index (χ3v) is 5.68. The minimum absolute atomic E-state index is 0.0221. The Labute approximate surface area is 135 Å². The first-order valence-electron chi connectivity index (χ1n) is 7.65. The molecule has 1 fully saturated rings. The third kappa shape index (κ3) is 5.06. The Balaban J connectivity index is 1.95. The molecule has 2 N–H and O–H groups in total. The summed E-state index contributed by atoms with van der Waals surface area (Å²) in [7, 11) is -3.26. The van der Waals surface area contributed by atoms with Gasteiger partial charge in [0.25, 0.3) is 0 Å². The molecule has 0 aliphatic heterocycles. The van der Waals surface area contributed by atoms with Crippen molar-refractivity contribution >= 4 is 21.7 Å². The summed E-state index contributed by atoms with van der Waals surface area (Å²) in [5.41, 5.74) is 0.646. The lowest BCUT2D eigenvalue weighted by Gasteiger charge is -2.14. The summed E-state index contributed by atoms with van der Waals surface area (Å²) < 4.78 is 23.4. The topological polar surface area (TPSA) is 101 Å². The molecule has 1 aliphatic rings. The Hall–Kier alpha value is -1.89. The van der Waals surface area contributed by atoms with E-state index in [1.807, 2.05) is 0 Å². The number of rotatable bonds is 8. The second kappa shape index (κ2) is 7.12. The number of carboxylic acids is 1. The van der Waals surface area contributed by atoms with Gasteiger partial charge in [0.05, 0.1) is 17.1 Å². The van der Waals surface area contributed by atoms with E-state index in [4.69, 9.17) is 5.11 Å². The first-order valence-corrected chi connectivity index (χ1v) is 9.31. The van der Waals surface area contributed by atoms with Crippen molar-refractivity contribution in [2.75, 3.05) is 5.75 Å². The number of hydrogen-bond acceptors (Lipinski definition) is 4. The zero-order valence-electron chi connectivity index (χ0n) is 13.0. The van der Waals surface area contributed by atoms with Crippen molar-refractivity contribution in [1.82, 2.24) is 5.32 Å². The zero-order valence-corrected chi connectivity index (χ0v) is 13.8. The summed E-state index contributed by atoms with van der Waals surface area (Å²) >= 11 is 0. The van der Waals surface area contributed by atoms with Gasteiger partial charge in [-0.1, -0.05) is 31.9 Å². The van der Waals surface area contributed by atoms with E-state index >= 15 is 0 Å². The van der Waals surface area contributed by atoms with Gasteiger partial charge in [-0.2, -0.15) is 0 Å². The number of carbonyl (C=O) groups excluding carboxylic acids is 1. The molecule has 1 saturated carbocycles. The molecule has 1 unspecified atom stereocenters. The highest BCUT2D eigenvalue weighted by molar-refractivity contribution is 7.91. The molecule has 0 saturated heterocycles. The Kier molecular flexibility index (Phi) is 5.41. The minimum Gasteiger partial charge on any atom is -0.480 e. The monoisotopic (exact) mass is 339 g/mol. The molecule has 1 amide bonds. The Bertz CT molecular complexity index is 677. The van der Waals surface area contributed by atoms with E-state index < -0.39 is 21.8 Å². The van der Waals surface area contributed by atoms with Crippen LogP contribution in [0.5, 0.6) is 0 Å². The molecule has 1 aliphatic carbocycles. The van der Waals surface area contributed by atoms with Gasteiger partial charge in [-0.15, -0.1) is 0 Å². The van der Waals surface area contributed by atoms with Crippen LogP contribution in [0, 0.1) is 5.92 Å². The average Bonchev–Trinajstić information content (AvgIpc) is 3.31. The number of amides is 1. The quantitative estimate of drug-likeness (QED) is 0.745. The number of nitrogens with one attached hydrogen (secondary N) is 1. The zero-order chi connectivity index (χ0) is 17.0. The molecule has 6 nitrogen and oxygen atoms in total. The van der Waals surface area contributed by atoms with Crippen LogP contribution in [-0.4, -0.2) is 37.2 Å². The molecule has 0 spiro atoms. The summed E-state index contributed by atoms with van der Waals surface area (Å²) in [5.74, 6) is -0.970. The maximum absolute atomic E-state index is 12.0. The van der Waals surface area contributed by atoms with E-state index in [0.29, 0.717) is 17.9 Å². The second-order valence-electron chi connectivity index (χ2n) is 5.86. The van der Waals surface area contributed by atoms with Crippen LogP contribution in [0.1, 0.15) is 31.7 Å². The van der Waals surface area contributed by atoms with Crippen LogP contribution in [0.15, 0.2) is 29.2 Å². The fourth-order valence-corrected chi connectivity index (χ4v) is 3.20. The maximum Gasteiger partial charge on any atom is 0.326 e. The molecule has 23 heavy (non-hydrogen) atoms. The summed E-state index contributed by atoms with van der Waals surface area (Å²) in [6.45, 7) is 1.57. The molecule has 0 bridgehead atoms. The summed E-state index contributed by atoms with van der Waals surface area (Å²) in [6.07, 6.45) is 2.54. The van der Waals surface area contributed by atoms with Crippen molar-refractivity contribution < 1.29 is 23.1 Å². The van der Waals surface area contributed by atoms with Crippen molar-refractivity contribution in [1.29, 1.82) is 0 Å². The number of carboxylic acid groups (broad SMARTS) is 1. The van der Waals surface area contributed by atoms with Crippen LogP contribution in [0.25, 0.3) is 0 Å². The van der Waals surface area contributed by atoms with Crippen LogP contribution in [0.2, 0.25) is 0 Å². The molecule has 1 aromatic carbocycles. The molecule has 0 heterocycles. The van der Waals surface area contributed by atoms with Crippen molar-refractivity contribution in [3.05, 3.63) is 29.8 Å². The highest BCUT2D eigenvalue weighted by Gasteiger charge is 2.30. The maximum atomic E-state index is 12.0. The van der Waals surface area contributed by atoms with E-state index in [1.54, 1.807) is 19.1 Å². The second-order valence-corrected chi connectivity index (χ2v) is 8.14. The van der Waals surface area contributed by atoms with Gasteiger partial charge >= 0.3 is 5.97 Å². The molecule has 126 valence electrons. The highest BCUT2D eigenvalue weighted by atomic mass is 32.2. The standard InChI is InChI=1S/C16H21NO5S/c1-2-23(21,22)13-7-5-12(6-8-13)10-15(18)17-14(16(19)20)9-11-3-4-11/h5-8,11,14H,2-4,9-10H2,1H3,(H,17,18)(H,19,20). The average molecular weight is 339 g/mol. The van der Waals surface area contributed by atoms with Crippen LogP contribution in [0.3, 0.4) is 0 Å². The van der Waals surface area contributed by atoms with Crippen LogP contribution >= 0.6 is 0 Å². The van der Waals surface area contributed by atoms with Gasteiger partial charge in [0.15, 0.2) is 9.84 Å². The molecule has 1 aromatic rings. The van der Waals surface area contributed by atoms with E-state index in [9.17, 15) is 18.0 Å². The highest BCUT2D eigenvalue weighted by Crippen LogP contribution is 2.33. The summed E-state index contributed by atoms with van der Waals surface area (Å²) in [5, 5.41) is 11.7. The fraction of sp³-hybridized carbons (Fsp3) is 0.500. The smallest absolute Gasteiger partial charge is 0.326 e. The molecule has 1 atom stereocenters.